The fraction of sp³-hybridized carbons (Fsp3) is 0.655. The summed E-state index contributed by atoms with van der Waals surface area (Å²) in [5.74, 6) is 0.154. The first kappa shape index (κ1) is 25.5. The van der Waals surface area contributed by atoms with Crippen molar-refractivity contribution in [3.8, 4) is 0 Å². The Bertz CT molecular complexity index is 872. The van der Waals surface area contributed by atoms with Crippen molar-refractivity contribution in [3.63, 3.8) is 0 Å². The monoisotopic (exact) mass is 454 g/mol. The van der Waals surface area contributed by atoms with E-state index < -0.39 is 17.5 Å². The largest absolute Gasteiger partial charge is 0.461 e. The average Bonchev–Trinajstić information content (AvgIpc) is 2.79. The van der Waals surface area contributed by atoms with Gasteiger partial charge < -0.3 is 9.47 Å². The van der Waals surface area contributed by atoms with Crippen molar-refractivity contribution in [1.29, 1.82) is 0 Å². The van der Waals surface area contributed by atoms with E-state index in [0.717, 1.165) is 44.9 Å². The third-order valence-corrected chi connectivity index (χ3v) is 8.24. The van der Waals surface area contributed by atoms with Crippen LogP contribution >= 0.6 is 0 Å². The number of hydrogen-bond donors (Lipinski definition) is 0. The Kier molecular flexibility index (Phi) is 8.08. The minimum Gasteiger partial charge on any atom is -0.461 e. The van der Waals surface area contributed by atoms with Crippen LogP contribution < -0.4 is 0 Å². The Morgan fingerprint density at radius 1 is 1.24 bits per heavy atom. The van der Waals surface area contributed by atoms with Crippen molar-refractivity contribution in [2.45, 2.75) is 103 Å². The van der Waals surface area contributed by atoms with Crippen LogP contribution in [0.5, 0.6) is 0 Å². The van der Waals surface area contributed by atoms with Gasteiger partial charge in [-0.2, -0.15) is 0 Å². The molecule has 0 spiro atoms. The molecule has 4 atom stereocenters. The first-order valence-corrected chi connectivity index (χ1v) is 12.8. The summed E-state index contributed by atoms with van der Waals surface area (Å²) in [5.41, 5.74) is 3.71. The van der Waals surface area contributed by atoms with E-state index in [1.807, 2.05) is 0 Å². The molecular formula is C29H42O4. The van der Waals surface area contributed by atoms with E-state index in [4.69, 9.17) is 9.47 Å². The van der Waals surface area contributed by atoms with E-state index in [2.05, 4.69) is 59.4 Å². The lowest BCUT2D eigenvalue weighted by atomic mass is 9.49. The minimum atomic E-state index is -0.529. The topological polar surface area (TPSA) is 52.6 Å². The maximum Gasteiger partial charge on any atom is 0.330 e. The van der Waals surface area contributed by atoms with E-state index in [0.29, 0.717) is 12.3 Å². The molecule has 1 aromatic rings. The molecule has 4 unspecified atom stereocenters. The second kappa shape index (κ2) is 10.4. The maximum atomic E-state index is 13.5. The Hall–Kier alpha value is -2.10. The molecule has 1 fully saturated rings. The highest BCUT2D eigenvalue weighted by atomic mass is 16.6. The van der Waals surface area contributed by atoms with E-state index in [-0.39, 0.29) is 23.9 Å². The summed E-state index contributed by atoms with van der Waals surface area (Å²) >= 11 is 0. The fourth-order valence-corrected chi connectivity index (χ4v) is 6.27. The van der Waals surface area contributed by atoms with Crippen LogP contribution in [-0.4, -0.2) is 24.6 Å². The molecule has 2 aliphatic carbocycles. The van der Waals surface area contributed by atoms with Gasteiger partial charge in [0.15, 0.2) is 0 Å². The molecule has 1 aromatic carbocycles. The van der Waals surface area contributed by atoms with Crippen molar-refractivity contribution >= 4 is 11.9 Å². The van der Waals surface area contributed by atoms with Gasteiger partial charge in [0, 0.05) is 6.08 Å². The molecule has 3 rings (SSSR count). The van der Waals surface area contributed by atoms with Crippen LogP contribution in [0.1, 0.15) is 102 Å². The Balaban J connectivity index is 1.78. The van der Waals surface area contributed by atoms with Gasteiger partial charge in [0.1, 0.15) is 12.7 Å². The normalized spacial score (nSPS) is 27.3. The number of hydrogen-bond acceptors (Lipinski definition) is 4. The van der Waals surface area contributed by atoms with Gasteiger partial charge >= 0.3 is 11.9 Å². The Morgan fingerprint density at radius 2 is 2.00 bits per heavy atom. The molecule has 0 heterocycles. The molecule has 1 saturated carbocycles. The third kappa shape index (κ3) is 5.20. The van der Waals surface area contributed by atoms with Crippen LogP contribution in [0.25, 0.3) is 0 Å². The van der Waals surface area contributed by atoms with Crippen molar-refractivity contribution in [3.05, 3.63) is 47.5 Å². The van der Waals surface area contributed by atoms with Crippen LogP contribution in [0.2, 0.25) is 0 Å². The number of esters is 2. The maximum absolute atomic E-state index is 13.5. The van der Waals surface area contributed by atoms with Gasteiger partial charge in [0.05, 0.1) is 5.41 Å². The highest BCUT2D eigenvalue weighted by Crippen LogP contribution is 2.57. The van der Waals surface area contributed by atoms with Crippen LogP contribution in [0.15, 0.2) is 30.9 Å². The molecule has 4 heteroatoms. The predicted molar refractivity (Wildman–Crippen MR) is 132 cm³/mol. The smallest absolute Gasteiger partial charge is 0.330 e. The zero-order chi connectivity index (χ0) is 24.2. The van der Waals surface area contributed by atoms with Gasteiger partial charge in [-0.3, -0.25) is 4.79 Å². The van der Waals surface area contributed by atoms with Crippen LogP contribution in [0.3, 0.4) is 0 Å². The van der Waals surface area contributed by atoms with Gasteiger partial charge in [0.2, 0.25) is 0 Å². The average molecular weight is 455 g/mol. The molecular weight excluding hydrogens is 412 g/mol. The summed E-state index contributed by atoms with van der Waals surface area (Å²) in [5, 5.41) is 0. The Morgan fingerprint density at radius 3 is 2.67 bits per heavy atom. The fourth-order valence-electron chi connectivity index (χ4n) is 6.27. The molecule has 0 bridgehead atoms. The minimum absolute atomic E-state index is 0.0218. The SMILES string of the molecule is C=CC(=O)OC(CCCC)COC(=O)C1(C)CCCC2(C)c3ccc(C(C)C)cc3CCC12. The number of fused-ring (bicyclic) bond motifs is 3. The molecule has 0 aromatic heterocycles. The van der Waals surface area contributed by atoms with Gasteiger partial charge in [-0.25, -0.2) is 4.79 Å². The van der Waals surface area contributed by atoms with Gasteiger partial charge in [0.25, 0.3) is 0 Å². The summed E-state index contributed by atoms with van der Waals surface area (Å²) in [6.45, 7) is 14.6. The second-order valence-corrected chi connectivity index (χ2v) is 10.9. The lowest BCUT2D eigenvalue weighted by molar-refractivity contribution is -0.171. The number of unbranched alkanes of at least 4 members (excludes halogenated alkanes) is 1. The van der Waals surface area contributed by atoms with E-state index in [1.165, 1.54) is 22.8 Å². The Labute approximate surface area is 200 Å². The summed E-state index contributed by atoms with van der Waals surface area (Å²) < 4.78 is 11.3. The van der Waals surface area contributed by atoms with Gasteiger partial charge in [-0.05, 0) is 79.4 Å². The molecule has 0 aliphatic heterocycles. The number of ether oxygens (including phenoxy) is 2. The molecule has 2 aliphatic rings. The van der Waals surface area contributed by atoms with Crippen molar-refractivity contribution in [2.75, 3.05) is 6.61 Å². The number of aryl methyl sites for hydroxylation is 1. The summed E-state index contributed by atoms with van der Waals surface area (Å²) in [7, 11) is 0. The zero-order valence-corrected chi connectivity index (χ0v) is 21.2. The van der Waals surface area contributed by atoms with Crippen LogP contribution in [0.4, 0.5) is 0 Å². The highest BCUT2D eigenvalue weighted by Gasteiger charge is 2.55. The lowest BCUT2D eigenvalue weighted by Crippen LogP contribution is -2.53. The summed E-state index contributed by atoms with van der Waals surface area (Å²) in [6.07, 6.45) is 8.31. The standard InChI is InChI=1S/C29H42O4/c1-7-9-11-23(33-26(30)8-2)19-32-27(31)29(6)17-10-16-28(5)24-14-12-21(20(3)4)18-22(24)13-15-25(28)29/h8,12,14,18,20,23,25H,2,7,9-11,13,15-17,19H2,1,3-6H3. The first-order chi connectivity index (χ1) is 15.7. The van der Waals surface area contributed by atoms with Crippen LogP contribution in [-0.2, 0) is 30.9 Å². The molecule has 0 N–H and O–H groups in total. The molecule has 0 amide bonds. The predicted octanol–water partition coefficient (Wildman–Crippen LogP) is 6.65. The summed E-state index contributed by atoms with van der Waals surface area (Å²) in [6, 6.07) is 6.98. The lowest BCUT2D eigenvalue weighted by Gasteiger charge is -2.54. The van der Waals surface area contributed by atoms with Crippen molar-refractivity contribution in [1.82, 2.24) is 0 Å². The first-order valence-electron chi connectivity index (χ1n) is 12.8. The number of carbonyl (C=O) groups is 2. The second-order valence-electron chi connectivity index (χ2n) is 10.9. The molecule has 4 nitrogen and oxygen atoms in total. The van der Waals surface area contributed by atoms with Gasteiger partial charge in [-0.1, -0.05) is 65.3 Å². The third-order valence-electron chi connectivity index (χ3n) is 8.24. The molecule has 182 valence electrons. The number of carbonyl (C=O) groups excluding carboxylic acids is 2. The molecule has 0 saturated heterocycles. The van der Waals surface area contributed by atoms with Gasteiger partial charge in [-0.15, -0.1) is 0 Å². The number of rotatable bonds is 9. The zero-order valence-electron chi connectivity index (χ0n) is 21.2. The van der Waals surface area contributed by atoms with Crippen molar-refractivity contribution < 1.29 is 19.1 Å². The molecule has 33 heavy (non-hydrogen) atoms. The van der Waals surface area contributed by atoms with E-state index in [1.54, 1.807) is 0 Å². The molecule has 0 radical (unpaired) electrons. The van der Waals surface area contributed by atoms with E-state index in [9.17, 15) is 9.59 Å². The van der Waals surface area contributed by atoms with Crippen molar-refractivity contribution in [2.24, 2.45) is 11.3 Å². The summed E-state index contributed by atoms with van der Waals surface area (Å²) in [4.78, 5) is 25.2. The van der Waals surface area contributed by atoms with E-state index >= 15 is 0 Å². The highest BCUT2D eigenvalue weighted by molar-refractivity contribution is 5.81. The van der Waals surface area contributed by atoms with Crippen LogP contribution in [0, 0.1) is 11.3 Å². The number of benzene rings is 1. The quantitative estimate of drug-likeness (QED) is 0.309.